The van der Waals surface area contributed by atoms with E-state index in [-0.39, 0.29) is 12.0 Å². The Hall–Kier alpha value is -0.810. The van der Waals surface area contributed by atoms with Crippen LogP contribution in [0.1, 0.15) is 27.2 Å². The van der Waals surface area contributed by atoms with E-state index in [9.17, 15) is 4.79 Å². The third-order valence-electron chi connectivity index (χ3n) is 2.53. The predicted octanol–water partition coefficient (Wildman–Crippen LogP) is 2.10. The standard InChI is InChI=1S/C13H23BrN2O2/c1-5-11(8-16-10(4)9(3)14)7-12(15)13(17)18-6-2/h5,8-10,12,16H,1,6-7,15H2,2-4H3/b11-8+/t9?,10-,12?/m1/s1. The van der Waals surface area contributed by atoms with Gasteiger partial charge < -0.3 is 15.8 Å². The number of rotatable bonds is 8. The van der Waals surface area contributed by atoms with E-state index >= 15 is 0 Å². The van der Waals surface area contributed by atoms with Crippen molar-refractivity contribution < 1.29 is 9.53 Å². The summed E-state index contributed by atoms with van der Waals surface area (Å²) in [7, 11) is 0. The van der Waals surface area contributed by atoms with Crippen molar-refractivity contribution in [1.29, 1.82) is 0 Å². The Kier molecular flexibility index (Phi) is 8.75. The van der Waals surface area contributed by atoms with Crippen molar-refractivity contribution >= 4 is 21.9 Å². The van der Waals surface area contributed by atoms with Crippen LogP contribution in [-0.2, 0) is 9.53 Å². The number of esters is 1. The van der Waals surface area contributed by atoms with Gasteiger partial charge in [-0.3, -0.25) is 4.79 Å². The van der Waals surface area contributed by atoms with E-state index in [1.54, 1.807) is 13.0 Å². The van der Waals surface area contributed by atoms with E-state index in [1.165, 1.54) is 0 Å². The summed E-state index contributed by atoms with van der Waals surface area (Å²) in [5.74, 6) is -0.382. The van der Waals surface area contributed by atoms with Gasteiger partial charge in [-0.1, -0.05) is 35.5 Å². The fourth-order valence-corrected chi connectivity index (χ4v) is 1.31. The zero-order valence-corrected chi connectivity index (χ0v) is 12.9. The lowest BCUT2D eigenvalue weighted by Gasteiger charge is -2.16. The molecule has 0 aromatic carbocycles. The van der Waals surface area contributed by atoms with Crippen molar-refractivity contribution in [3.63, 3.8) is 0 Å². The van der Waals surface area contributed by atoms with Crippen molar-refractivity contribution in [2.45, 2.75) is 44.1 Å². The molecule has 0 aliphatic carbocycles. The second-order valence-electron chi connectivity index (χ2n) is 4.12. The number of nitrogens with two attached hydrogens (primary N) is 1. The molecule has 0 aromatic heterocycles. The van der Waals surface area contributed by atoms with Gasteiger partial charge >= 0.3 is 5.97 Å². The lowest BCUT2D eigenvalue weighted by molar-refractivity contribution is -0.144. The summed E-state index contributed by atoms with van der Waals surface area (Å²) in [5, 5.41) is 3.22. The first-order chi connectivity index (χ1) is 8.42. The summed E-state index contributed by atoms with van der Waals surface area (Å²) < 4.78 is 4.86. The molecule has 0 saturated heterocycles. The molecular weight excluding hydrogens is 296 g/mol. The Bertz CT molecular complexity index is 303. The van der Waals surface area contributed by atoms with Crippen molar-refractivity contribution in [3.05, 3.63) is 24.4 Å². The minimum absolute atomic E-state index is 0.277. The van der Waals surface area contributed by atoms with E-state index in [1.807, 2.05) is 6.20 Å². The average Bonchev–Trinajstić information content (AvgIpc) is 2.33. The maximum Gasteiger partial charge on any atom is 0.323 e. The Balaban J connectivity index is 4.37. The largest absolute Gasteiger partial charge is 0.465 e. The maximum atomic E-state index is 11.4. The first-order valence-electron chi connectivity index (χ1n) is 6.06. The minimum atomic E-state index is -0.646. The van der Waals surface area contributed by atoms with Crippen LogP contribution in [0.5, 0.6) is 0 Å². The molecule has 18 heavy (non-hydrogen) atoms. The molecule has 3 N–H and O–H groups in total. The summed E-state index contributed by atoms with van der Waals surface area (Å²) in [6.07, 6.45) is 3.95. The highest BCUT2D eigenvalue weighted by Gasteiger charge is 2.15. The Morgan fingerprint density at radius 3 is 2.61 bits per heavy atom. The van der Waals surface area contributed by atoms with Gasteiger partial charge in [-0.05, 0) is 32.0 Å². The SMILES string of the molecule is C=C/C(=C\N[C@H](C)C(C)Br)CC(N)C(=O)OCC. The van der Waals surface area contributed by atoms with Crippen molar-refractivity contribution in [2.75, 3.05) is 6.61 Å². The molecule has 104 valence electrons. The molecule has 0 fully saturated rings. The highest BCUT2D eigenvalue weighted by atomic mass is 79.9. The zero-order chi connectivity index (χ0) is 14.1. The molecule has 0 saturated carbocycles. The third kappa shape index (κ3) is 6.81. The molecule has 0 aliphatic rings. The molecule has 0 bridgehead atoms. The molecular formula is C13H23BrN2O2. The van der Waals surface area contributed by atoms with Gasteiger partial charge in [0, 0.05) is 10.9 Å². The van der Waals surface area contributed by atoms with E-state index in [0.29, 0.717) is 17.9 Å². The molecule has 0 aliphatic heterocycles. The van der Waals surface area contributed by atoms with Crippen LogP contribution in [0.25, 0.3) is 0 Å². The van der Waals surface area contributed by atoms with Gasteiger partial charge in [0.25, 0.3) is 0 Å². The van der Waals surface area contributed by atoms with Gasteiger partial charge in [0.1, 0.15) is 6.04 Å². The average molecular weight is 319 g/mol. The fourth-order valence-electron chi connectivity index (χ4n) is 1.16. The number of ether oxygens (including phenoxy) is 1. The number of nitrogens with one attached hydrogen (secondary N) is 1. The minimum Gasteiger partial charge on any atom is -0.465 e. The van der Waals surface area contributed by atoms with Crippen molar-refractivity contribution in [3.8, 4) is 0 Å². The van der Waals surface area contributed by atoms with Gasteiger partial charge in [0.05, 0.1) is 6.61 Å². The number of allylic oxidation sites excluding steroid dienone is 1. The molecule has 0 heterocycles. The number of hydrogen-bond donors (Lipinski definition) is 2. The van der Waals surface area contributed by atoms with Crippen LogP contribution in [0.2, 0.25) is 0 Å². The Morgan fingerprint density at radius 2 is 2.17 bits per heavy atom. The van der Waals surface area contributed by atoms with E-state index in [2.05, 4.69) is 41.7 Å². The maximum absolute atomic E-state index is 11.4. The van der Waals surface area contributed by atoms with Crippen LogP contribution in [0.3, 0.4) is 0 Å². The molecule has 0 spiro atoms. The molecule has 3 atom stereocenters. The lowest BCUT2D eigenvalue weighted by atomic mass is 10.1. The number of carbonyl (C=O) groups excluding carboxylic acids is 1. The van der Waals surface area contributed by atoms with Gasteiger partial charge in [-0.2, -0.15) is 0 Å². The predicted molar refractivity (Wildman–Crippen MR) is 78.5 cm³/mol. The van der Waals surface area contributed by atoms with Crippen LogP contribution in [0, 0.1) is 0 Å². The molecule has 5 heteroatoms. The second-order valence-corrected chi connectivity index (χ2v) is 5.56. The van der Waals surface area contributed by atoms with Gasteiger partial charge in [0.2, 0.25) is 0 Å². The van der Waals surface area contributed by atoms with Crippen LogP contribution >= 0.6 is 15.9 Å². The van der Waals surface area contributed by atoms with Crippen molar-refractivity contribution in [1.82, 2.24) is 5.32 Å². The highest BCUT2D eigenvalue weighted by Crippen LogP contribution is 2.08. The van der Waals surface area contributed by atoms with Gasteiger partial charge in [0.15, 0.2) is 0 Å². The van der Waals surface area contributed by atoms with Crippen LogP contribution in [0.15, 0.2) is 24.4 Å². The normalized spacial score (nSPS) is 16.6. The highest BCUT2D eigenvalue weighted by molar-refractivity contribution is 9.09. The van der Waals surface area contributed by atoms with E-state index in [0.717, 1.165) is 5.57 Å². The molecule has 0 amide bonds. The summed E-state index contributed by atoms with van der Waals surface area (Å²) in [6, 6.07) is -0.369. The number of hydrogen-bond acceptors (Lipinski definition) is 4. The zero-order valence-electron chi connectivity index (χ0n) is 11.3. The van der Waals surface area contributed by atoms with E-state index < -0.39 is 6.04 Å². The smallest absolute Gasteiger partial charge is 0.323 e. The Morgan fingerprint density at radius 1 is 1.56 bits per heavy atom. The third-order valence-corrected chi connectivity index (χ3v) is 3.32. The second kappa shape index (κ2) is 9.16. The quantitative estimate of drug-likeness (QED) is 0.408. The topological polar surface area (TPSA) is 64.3 Å². The first-order valence-corrected chi connectivity index (χ1v) is 6.97. The van der Waals surface area contributed by atoms with Crippen LogP contribution in [0.4, 0.5) is 0 Å². The van der Waals surface area contributed by atoms with Crippen molar-refractivity contribution in [2.24, 2.45) is 5.73 Å². The fraction of sp³-hybridized carbons (Fsp3) is 0.615. The Labute approximate surface area is 118 Å². The van der Waals surface area contributed by atoms with Crippen LogP contribution in [-0.4, -0.2) is 29.5 Å². The number of alkyl halides is 1. The molecule has 2 unspecified atom stereocenters. The van der Waals surface area contributed by atoms with Gasteiger partial charge in [-0.25, -0.2) is 0 Å². The van der Waals surface area contributed by atoms with Gasteiger partial charge in [-0.15, -0.1) is 0 Å². The summed E-state index contributed by atoms with van der Waals surface area (Å²) >= 11 is 3.49. The molecule has 0 aromatic rings. The van der Waals surface area contributed by atoms with E-state index in [4.69, 9.17) is 10.5 Å². The van der Waals surface area contributed by atoms with Crippen LogP contribution < -0.4 is 11.1 Å². The summed E-state index contributed by atoms with van der Waals surface area (Å²) in [4.78, 5) is 11.8. The summed E-state index contributed by atoms with van der Waals surface area (Å²) in [6.45, 7) is 9.93. The molecule has 0 rings (SSSR count). The first kappa shape index (κ1) is 17.2. The molecule has 0 radical (unpaired) electrons. The number of carbonyl (C=O) groups is 1. The molecule has 4 nitrogen and oxygen atoms in total. The summed E-state index contributed by atoms with van der Waals surface area (Å²) in [5.41, 5.74) is 6.63. The lowest BCUT2D eigenvalue weighted by Crippen LogP contribution is -2.33. The number of halogens is 1. The monoisotopic (exact) mass is 318 g/mol.